The number of imide groups is 1. The Balaban J connectivity index is 1.14. The summed E-state index contributed by atoms with van der Waals surface area (Å²) >= 11 is 0. The van der Waals surface area contributed by atoms with Crippen LogP contribution in [0.5, 0.6) is 0 Å². The first-order valence-corrected chi connectivity index (χ1v) is 11.2. The van der Waals surface area contributed by atoms with Gasteiger partial charge in [-0.1, -0.05) is 0 Å². The molecule has 5 saturated carbocycles. The van der Waals surface area contributed by atoms with Crippen LogP contribution in [0.1, 0.15) is 57.8 Å². The minimum absolute atomic E-state index is 0.0325. The van der Waals surface area contributed by atoms with Gasteiger partial charge in [0.25, 0.3) is 5.91 Å². The molecule has 0 aromatic rings. The van der Waals surface area contributed by atoms with Gasteiger partial charge in [-0.2, -0.15) is 13.2 Å². The standard InChI is InChI=1S/C21H29F3N4O3/c1-27-15(29)20(28(17(27)31)12-21(22,23)24)9-18(10-20)4-2-14(3-5-18)26-16(30)25-11-19-6-13(7-19)8-19/h13-14H,2-12H2,1H3,(H2,25,26,30). The average Bonchev–Trinajstić information content (AvgIpc) is 2.75. The largest absolute Gasteiger partial charge is 0.406 e. The Morgan fingerprint density at radius 2 is 1.74 bits per heavy atom. The lowest BCUT2D eigenvalue weighted by atomic mass is 9.44. The Hall–Kier alpha value is -2.00. The Labute approximate surface area is 179 Å². The lowest BCUT2D eigenvalue weighted by molar-refractivity contribution is -0.173. The molecule has 0 unspecified atom stereocenters. The van der Waals surface area contributed by atoms with Gasteiger partial charge in [-0.25, -0.2) is 9.59 Å². The summed E-state index contributed by atoms with van der Waals surface area (Å²) in [5.74, 6) is 0.347. The maximum atomic E-state index is 13.0. The summed E-state index contributed by atoms with van der Waals surface area (Å²) in [6.45, 7) is -0.669. The zero-order chi connectivity index (χ0) is 22.2. The van der Waals surface area contributed by atoms with Crippen LogP contribution in [0.25, 0.3) is 0 Å². The van der Waals surface area contributed by atoms with Crippen molar-refractivity contribution in [3.05, 3.63) is 0 Å². The number of halogens is 3. The minimum Gasteiger partial charge on any atom is -0.338 e. The highest BCUT2D eigenvalue weighted by Gasteiger charge is 2.68. The van der Waals surface area contributed by atoms with Gasteiger partial charge < -0.3 is 15.5 Å². The van der Waals surface area contributed by atoms with Crippen LogP contribution in [0, 0.1) is 16.7 Å². The third-order valence-corrected chi connectivity index (χ3v) is 8.58. The number of rotatable bonds is 4. The van der Waals surface area contributed by atoms with E-state index in [2.05, 4.69) is 10.6 Å². The zero-order valence-electron chi connectivity index (χ0n) is 17.7. The predicted molar refractivity (Wildman–Crippen MR) is 104 cm³/mol. The second-order valence-electron chi connectivity index (χ2n) is 10.8. The topological polar surface area (TPSA) is 81.8 Å². The van der Waals surface area contributed by atoms with Crippen LogP contribution < -0.4 is 10.6 Å². The molecule has 2 spiro atoms. The number of carbonyl (C=O) groups excluding carboxylic acids is 3. The highest BCUT2D eigenvalue weighted by atomic mass is 19.4. The number of alkyl halides is 3. The molecule has 5 aliphatic carbocycles. The monoisotopic (exact) mass is 442 g/mol. The van der Waals surface area contributed by atoms with E-state index in [-0.39, 0.29) is 30.3 Å². The Morgan fingerprint density at radius 1 is 1.13 bits per heavy atom. The van der Waals surface area contributed by atoms with Gasteiger partial charge in [0, 0.05) is 19.6 Å². The van der Waals surface area contributed by atoms with Crippen LogP contribution in [0.3, 0.4) is 0 Å². The number of hydrogen-bond acceptors (Lipinski definition) is 3. The fourth-order valence-corrected chi connectivity index (χ4v) is 6.91. The van der Waals surface area contributed by atoms with Crippen molar-refractivity contribution >= 4 is 18.0 Å². The van der Waals surface area contributed by atoms with Crippen molar-refractivity contribution < 1.29 is 27.6 Å². The number of nitrogens with one attached hydrogen (secondary N) is 2. The third kappa shape index (κ3) is 3.28. The van der Waals surface area contributed by atoms with Crippen LogP contribution >= 0.6 is 0 Å². The van der Waals surface area contributed by atoms with Crippen molar-refractivity contribution in [3.8, 4) is 0 Å². The van der Waals surface area contributed by atoms with Gasteiger partial charge in [0.15, 0.2) is 0 Å². The third-order valence-electron chi connectivity index (χ3n) is 8.58. The lowest BCUT2D eigenvalue weighted by Crippen LogP contribution is -2.65. The zero-order valence-corrected chi connectivity index (χ0v) is 17.7. The first kappa shape index (κ1) is 20.9. The summed E-state index contributed by atoms with van der Waals surface area (Å²) in [5.41, 5.74) is -1.24. The summed E-state index contributed by atoms with van der Waals surface area (Å²) < 4.78 is 39.1. The van der Waals surface area contributed by atoms with Crippen LogP contribution in [-0.4, -0.2) is 65.7 Å². The highest BCUT2D eigenvalue weighted by Crippen LogP contribution is 2.64. The molecule has 0 radical (unpaired) electrons. The molecule has 1 heterocycles. The van der Waals surface area contributed by atoms with Gasteiger partial charge in [0.05, 0.1) is 0 Å². The lowest BCUT2D eigenvalue weighted by Gasteiger charge is -2.62. The van der Waals surface area contributed by atoms with Gasteiger partial charge in [-0.15, -0.1) is 0 Å². The van der Waals surface area contributed by atoms with E-state index < -0.39 is 30.2 Å². The van der Waals surface area contributed by atoms with Gasteiger partial charge in [0.2, 0.25) is 0 Å². The molecule has 6 rings (SSSR count). The first-order chi connectivity index (χ1) is 14.5. The summed E-state index contributed by atoms with van der Waals surface area (Å²) in [4.78, 5) is 38.7. The van der Waals surface area contributed by atoms with Crippen molar-refractivity contribution in [2.24, 2.45) is 16.7 Å². The number of hydrogen-bond donors (Lipinski definition) is 2. The van der Waals surface area contributed by atoms with Crippen molar-refractivity contribution in [1.29, 1.82) is 0 Å². The highest BCUT2D eigenvalue weighted by molar-refractivity contribution is 6.07. The maximum absolute atomic E-state index is 13.0. The van der Waals surface area contributed by atoms with Crippen molar-refractivity contribution in [1.82, 2.24) is 20.4 Å². The fraction of sp³-hybridized carbons (Fsp3) is 0.857. The number of amides is 5. The number of urea groups is 2. The predicted octanol–water partition coefficient (Wildman–Crippen LogP) is 3.00. The molecule has 1 aliphatic heterocycles. The molecule has 0 aromatic heterocycles. The van der Waals surface area contributed by atoms with E-state index >= 15 is 0 Å². The molecule has 2 bridgehead atoms. The van der Waals surface area contributed by atoms with Gasteiger partial charge in [0.1, 0.15) is 12.1 Å². The summed E-state index contributed by atoms with van der Waals surface area (Å²) in [5, 5.41) is 6.02. The second kappa shape index (κ2) is 6.51. The molecule has 1 saturated heterocycles. The second-order valence-corrected chi connectivity index (χ2v) is 10.8. The molecular formula is C21H29F3N4O3. The van der Waals surface area contributed by atoms with Crippen LogP contribution in [0.2, 0.25) is 0 Å². The van der Waals surface area contributed by atoms with E-state index in [0.717, 1.165) is 47.9 Å². The summed E-state index contributed by atoms with van der Waals surface area (Å²) in [6.07, 6.45) is 2.59. The smallest absolute Gasteiger partial charge is 0.338 e. The molecule has 10 heteroatoms. The van der Waals surface area contributed by atoms with Crippen LogP contribution in [0.4, 0.5) is 22.8 Å². The van der Waals surface area contributed by atoms with E-state index in [0.29, 0.717) is 5.41 Å². The normalized spacial score (nSPS) is 41.2. The molecular weight excluding hydrogens is 413 g/mol. The maximum Gasteiger partial charge on any atom is 0.406 e. The average molecular weight is 442 g/mol. The summed E-state index contributed by atoms with van der Waals surface area (Å²) in [7, 11) is 1.25. The molecule has 7 nitrogen and oxygen atoms in total. The Morgan fingerprint density at radius 3 is 2.26 bits per heavy atom. The number of nitrogens with zero attached hydrogens (tertiary/aromatic N) is 2. The van der Waals surface area contributed by atoms with Crippen molar-refractivity contribution in [2.75, 3.05) is 20.1 Å². The number of likely N-dealkylation sites (N-methyl/N-ethyl adjacent to an activating group) is 1. The molecule has 5 amide bonds. The molecule has 0 aromatic carbocycles. The van der Waals surface area contributed by atoms with Gasteiger partial charge in [-0.3, -0.25) is 9.69 Å². The van der Waals surface area contributed by atoms with Crippen molar-refractivity contribution in [2.45, 2.75) is 75.5 Å². The van der Waals surface area contributed by atoms with E-state index in [1.807, 2.05) is 0 Å². The Bertz CT molecular complexity index is 796. The minimum atomic E-state index is -4.55. The Kier molecular flexibility index (Phi) is 4.38. The van der Waals surface area contributed by atoms with Crippen LogP contribution in [-0.2, 0) is 4.79 Å². The first-order valence-electron chi connectivity index (χ1n) is 11.2. The van der Waals surface area contributed by atoms with Crippen molar-refractivity contribution in [3.63, 3.8) is 0 Å². The molecule has 172 valence electrons. The van der Waals surface area contributed by atoms with E-state index in [4.69, 9.17) is 0 Å². The van der Waals surface area contributed by atoms with Gasteiger partial charge in [-0.05, 0) is 74.5 Å². The quantitative estimate of drug-likeness (QED) is 0.657. The fourth-order valence-electron chi connectivity index (χ4n) is 6.91. The molecule has 2 N–H and O–H groups in total. The van der Waals surface area contributed by atoms with E-state index in [9.17, 15) is 27.6 Å². The number of carbonyl (C=O) groups is 3. The van der Waals surface area contributed by atoms with Crippen LogP contribution in [0.15, 0.2) is 0 Å². The SMILES string of the molecule is CN1C(=O)N(CC(F)(F)F)C2(CC3(CCC(NC(=O)NCC45CC(C4)C5)CC3)C2)C1=O. The molecule has 6 aliphatic rings. The van der Waals surface area contributed by atoms with E-state index in [1.54, 1.807) is 0 Å². The van der Waals surface area contributed by atoms with Gasteiger partial charge >= 0.3 is 18.2 Å². The molecule has 0 atom stereocenters. The molecule has 6 fully saturated rings. The molecule has 31 heavy (non-hydrogen) atoms. The summed E-state index contributed by atoms with van der Waals surface area (Å²) in [6, 6.07) is -0.983. The van der Waals surface area contributed by atoms with E-state index in [1.165, 1.54) is 26.3 Å².